The molecule has 2 aromatic rings. The number of carbonyl (C=O) groups is 1. The highest BCUT2D eigenvalue weighted by Gasteiger charge is 2.08. The molecule has 0 aliphatic heterocycles. The number of pyridine rings is 1. The van der Waals surface area contributed by atoms with Crippen LogP contribution >= 0.6 is 0 Å². The van der Waals surface area contributed by atoms with Gasteiger partial charge >= 0.3 is 0 Å². The lowest BCUT2D eigenvalue weighted by Gasteiger charge is -2.10. The zero-order valence-electron chi connectivity index (χ0n) is 12.0. The average molecular weight is 287 g/mol. The van der Waals surface area contributed by atoms with E-state index in [9.17, 15) is 4.79 Å². The largest absolute Gasteiger partial charge is 0.493 e. The van der Waals surface area contributed by atoms with Crippen LogP contribution in [0.15, 0.2) is 42.6 Å². The Labute approximate surface area is 123 Å². The van der Waals surface area contributed by atoms with E-state index in [2.05, 4.69) is 4.98 Å². The number of rotatable bonds is 7. The number of methoxy groups -OCH3 is 2. The van der Waals surface area contributed by atoms with Crippen molar-refractivity contribution < 1.29 is 19.0 Å². The molecule has 0 aliphatic carbocycles. The van der Waals surface area contributed by atoms with Crippen molar-refractivity contribution in [2.45, 2.75) is 6.42 Å². The lowest BCUT2D eigenvalue weighted by Crippen LogP contribution is -2.10. The van der Waals surface area contributed by atoms with Crippen LogP contribution in [0.5, 0.6) is 17.2 Å². The number of Topliss-reactive ketones (excluding diaryl/α,β-unsaturated/α-hetero) is 1. The molecule has 0 radical (unpaired) electrons. The van der Waals surface area contributed by atoms with Gasteiger partial charge in [-0.05, 0) is 18.2 Å². The fourth-order valence-corrected chi connectivity index (χ4v) is 1.86. The molecule has 0 aliphatic rings. The molecule has 5 heteroatoms. The number of nitrogens with zero attached hydrogens (tertiary/aromatic N) is 1. The number of para-hydroxylation sites is 2. The van der Waals surface area contributed by atoms with E-state index < -0.39 is 0 Å². The third-order valence-corrected chi connectivity index (χ3v) is 2.77. The first-order chi connectivity index (χ1) is 10.2. The van der Waals surface area contributed by atoms with Crippen LogP contribution in [0.3, 0.4) is 0 Å². The Kier molecular flexibility index (Phi) is 5.29. The van der Waals surface area contributed by atoms with Crippen LogP contribution in [0.4, 0.5) is 0 Å². The highest BCUT2D eigenvalue weighted by molar-refractivity contribution is 5.81. The molecule has 0 saturated heterocycles. The average Bonchev–Trinajstić information content (AvgIpc) is 2.48. The van der Waals surface area contributed by atoms with Crippen LogP contribution < -0.4 is 9.47 Å². The predicted molar refractivity (Wildman–Crippen MR) is 77.9 cm³/mol. The number of hydrogen-bond acceptors (Lipinski definition) is 5. The Morgan fingerprint density at radius 2 is 1.90 bits per heavy atom. The Balaban J connectivity index is 2.12. The summed E-state index contributed by atoms with van der Waals surface area (Å²) in [6, 6.07) is 10.8. The second kappa shape index (κ2) is 7.40. The second-order valence-corrected chi connectivity index (χ2v) is 4.38. The van der Waals surface area contributed by atoms with Gasteiger partial charge in [-0.2, -0.15) is 0 Å². The zero-order chi connectivity index (χ0) is 15.1. The number of aromatic nitrogens is 1. The summed E-state index contributed by atoms with van der Waals surface area (Å²) in [4.78, 5) is 15.7. The van der Waals surface area contributed by atoms with E-state index in [0.29, 0.717) is 22.9 Å². The molecule has 0 saturated carbocycles. The smallest absolute Gasteiger partial charge is 0.169 e. The van der Waals surface area contributed by atoms with E-state index in [-0.39, 0.29) is 18.8 Å². The highest BCUT2D eigenvalue weighted by Crippen LogP contribution is 2.30. The monoisotopic (exact) mass is 287 g/mol. The van der Waals surface area contributed by atoms with Gasteiger partial charge in [-0.25, -0.2) is 0 Å². The second-order valence-electron chi connectivity index (χ2n) is 4.38. The molecule has 0 bridgehead atoms. The van der Waals surface area contributed by atoms with Gasteiger partial charge in [0.05, 0.1) is 19.2 Å². The van der Waals surface area contributed by atoms with Crippen molar-refractivity contribution in [1.29, 1.82) is 0 Å². The van der Waals surface area contributed by atoms with Gasteiger partial charge in [0.15, 0.2) is 17.3 Å². The molecular weight excluding hydrogens is 270 g/mol. The molecule has 0 atom stereocenters. The first-order valence-electron chi connectivity index (χ1n) is 6.49. The van der Waals surface area contributed by atoms with Crippen molar-refractivity contribution >= 4 is 5.78 Å². The molecule has 0 amide bonds. The lowest BCUT2D eigenvalue weighted by atomic mass is 10.2. The maximum atomic E-state index is 11.6. The summed E-state index contributed by atoms with van der Waals surface area (Å²) < 4.78 is 15.8. The summed E-state index contributed by atoms with van der Waals surface area (Å²) in [5, 5.41) is 0. The number of benzene rings is 1. The molecule has 5 nitrogen and oxygen atoms in total. The van der Waals surface area contributed by atoms with Gasteiger partial charge in [0, 0.05) is 19.4 Å². The van der Waals surface area contributed by atoms with Gasteiger partial charge in [-0.15, -0.1) is 0 Å². The zero-order valence-corrected chi connectivity index (χ0v) is 12.0. The molecular formula is C16H17NO4. The third-order valence-electron chi connectivity index (χ3n) is 2.77. The van der Waals surface area contributed by atoms with Crippen molar-refractivity contribution in [2.24, 2.45) is 0 Å². The molecule has 0 N–H and O–H groups in total. The van der Waals surface area contributed by atoms with Gasteiger partial charge in [-0.1, -0.05) is 12.1 Å². The van der Waals surface area contributed by atoms with Gasteiger partial charge in [0.2, 0.25) is 0 Å². The minimum Gasteiger partial charge on any atom is -0.493 e. The summed E-state index contributed by atoms with van der Waals surface area (Å²) in [6.07, 6.45) is 1.83. The standard InChI is InChI=1S/C16H17NO4/c1-19-11-13(18)9-12-10-14(7-8-17-12)21-16-6-4-3-5-15(16)20-2/h3-8,10H,9,11H2,1-2H3. The van der Waals surface area contributed by atoms with Gasteiger partial charge in [-0.3, -0.25) is 9.78 Å². The summed E-state index contributed by atoms with van der Waals surface area (Å²) in [5.41, 5.74) is 0.643. The van der Waals surface area contributed by atoms with Crippen molar-refractivity contribution in [3.8, 4) is 17.2 Å². The van der Waals surface area contributed by atoms with E-state index in [1.54, 1.807) is 25.4 Å². The van der Waals surface area contributed by atoms with Gasteiger partial charge < -0.3 is 14.2 Å². The summed E-state index contributed by atoms with van der Waals surface area (Å²) in [5.74, 6) is 1.83. The van der Waals surface area contributed by atoms with Crippen LogP contribution in [0.1, 0.15) is 5.69 Å². The molecule has 21 heavy (non-hydrogen) atoms. The van der Waals surface area contributed by atoms with Crippen molar-refractivity contribution in [2.75, 3.05) is 20.8 Å². The SMILES string of the molecule is COCC(=O)Cc1cc(Oc2ccccc2OC)ccn1. The quantitative estimate of drug-likeness (QED) is 0.783. The van der Waals surface area contributed by atoms with Crippen molar-refractivity contribution in [1.82, 2.24) is 4.98 Å². The minimum absolute atomic E-state index is 0.0283. The van der Waals surface area contributed by atoms with Crippen LogP contribution in [0.2, 0.25) is 0 Å². The third kappa shape index (κ3) is 4.29. The number of ether oxygens (including phenoxy) is 3. The fourth-order valence-electron chi connectivity index (χ4n) is 1.86. The van der Waals surface area contributed by atoms with Crippen LogP contribution in [0.25, 0.3) is 0 Å². The molecule has 0 unspecified atom stereocenters. The number of ketones is 1. The summed E-state index contributed by atoms with van der Waals surface area (Å²) >= 11 is 0. The molecule has 2 rings (SSSR count). The minimum atomic E-state index is -0.0283. The number of hydrogen-bond donors (Lipinski definition) is 0. The van der Waals surface area contributed by atoms with E-state index in [0.717, 1.165) is 0 Å². The Bertz CT molecular complexity index is 613. The molecule has 1 aromatic carbocycles. The Hall–Kier alpha value is -2.40. The molecule has 0 spiro atoms. The van der Waals surface area contributed by atoms with Gasteiger partial charge in [0.1, 0.15) is 12.4 Å². The Morgan fingerprint density at radius 1 is 1.14 bits per heavy atom. The Morgan fingerprint density at radius 3 is 2.62 bits per heavy atom. The fraction of sp³-hybridized carbons (Fsp3) is 0.250. The van der Waals surface area contributed by atoms with E-state index in [1.165, 1.54) is 7.11 Å². The predicted octanol–water partition coefficient (Wildman–Crippen LogP) is 2.64. The normalized spacial score (nSPS) is 10.2. The first kappa shape index (κ1) is 15.0. The van der Waals surface area contributed by atoms with Crippen molar-refractivity contribution in [3.63, 3.8) is 0 Å². The van der Waals surface area contributed by atoms with E-state index in [1.807, 2.05) is 24.3 Å². The van der Waals surface area contributed by atoms with E-state index in [4.69, 9.17) is 14.2 Å². The summed E-state index contributed by atoms with van der Waals surface area (Å²) in [7, 11) is 3.08. The van der Waals surface area contributed by atoms with Gasteiger partial charge in [0.25, 0.3) is 0 Å². The molecule has 110 valence electrons. The highest BCUT2D eigenvalue weighted by atomic mass is 16.5. The van der Waals surface area contributed by atoms with Crippen LogP contribution in [-0.4, -0.2) is 31.6 Å². The maximum Gasteiger partial charge on any atom is 0.169 e. The number of carbonyl (C=O) groups excluding carboxylic acids is 1. The topological polar surface area (TPSA) is 57.7 Å². The maximum absolute atomic E-state index is 11.6. The van der Waals surface area contributed by atoms with Crippen LogP contribution in [0, 0.1) is 0 Å². The summed E-state index contributed by atoms with van der Waals surface area (Å²) in [6.45, 7) is 0.0826. The van der Waals surface area contributed by atoms with Crippen molar-refractivity contribution in [3.05, 3.63) is 48.3 Å². The molecule has 1 heterocycles. The molecule has 0 fully saturated rings. The molecule has 1 aromatic heterocycles. The first-order valence-corrected chi connectivity index (χ1v) is 6.49. The van der Waals surface area contributed by atoms with Crippen LogP contribution in [-0.2, 0) is 16.0 Å². The van der Waals surface area contributed by atoms with E-state index >= 15 is 0 Å². The lowest BCUT2D eigenvalue weighted by molar-refractivity contribution is -0.122.